The monoisotopic (exact) mass is 310 g/mol. The SMILES string of the molecule is CCN(c1ccccc1)C1CC(=O)N(c2cccc(O)c2)C1=O. The molecule has 1 fully saturated rings. The minimum atomic E-state index is -0.516. The van der Waals surface area contributed by atoms with Crippen molar-refractivity contribution in [2.45, 2.75) is 19.4 Å². The van der Waals surface area contributed by atoms with Crippen molar-refractivity contribution in [3.8, 4) is 5.75 Å². The van der Waals surface area contributed by atoms with E-state index in [0.29, 0.717) is 12.2 Å². The highest BCUT2D eigenvalue weighted by Crippen LogP contribution is 2.30. The molecular weight excluding hydrogens is 292 g/mol. The van der Waals surface area contributed by atoms with E-state index in [1.165, 1.54) is 12.1 Å². The number of para-hydroxylation sites is 1. The Hall–Kier alpha value is -2.82. The first-order valence-electron chi connectivity index (χ1n) is 7.59. The second-order valence-corrected chi connectivity index (χ2v) is 5.43. The zero-order valence-corrected chi connectivity index (χ0v) is 12.8. The molecule has 2 aromatic rings. The number of imide groups is 1. The van der Waals surface area contributed by atoms with E-state index in [-0.39, 0.29) is 24.0 Å². The molecule has 0 radical (unpaired) electrons. The van der Waals surface area contributed by atoms with Crippen LogP contribution in [0.4, 0.5) is 11.4 Å². The number of aromatic hydroxyl groups is 1. The van der Waals surface area contributed by atoms with Crippen molar-refractivity contribution in [1.82, 2.24) is 0 Å². The fourth-order valence-corrected chi connectivity index (χ4v) is 2.97. The molecule has 1 N–H and O–H groups in total. The average molecular weight is 310 g/mol. The van der Waals surface area contributed by atoms with Crippen LogP contribution in [0, 0.1) is 0 Å². The van der Waals surface area contributed by atoms with Crippen LogP contribution in [0.3, 0.4) is 0 Å². The Kier molecular flexibility index (Phi) is 4.02. The van der Waals surface area contributed by atoms with Crippen molar-refractivity contribution in [1.29, 1.82) is 0 Å². The van der Waals surface area contributed by atoms with Crippen molar-refractivity contribution < 1.29 is 14.7 Å². The molecule has 1 heterocycles. The van der Waals surface area contributed by atoms with Crippen LogP contribution < -0.4 is 9.80 Å². The maximum atomic E-state index is 12.8. The summed E-state index contributed by atoms with van der Waals surface area (Å²) >= 11 is 0. The van der Waals surface area contributed by atoms with Gasteiger partial charge in [-0.25, -0.2) is 4.90 Å². The Morgan fingerprint density at radius 3 is 2.52 bits per heavy atom. The van der Waals surface area contributed by atoms with Crippen LogP contribution in [0.25, 0.3) is 0 Å². The van der Waals surface area contributed by atoms with E-state index >= 15 is 0 Å². The van der Waals surface area contributed by atoms with E-state index in [9.17, 15) is 14.7 Å². The van der Waals surface area contributed by atoms with Gasteiger partial charge in [0.05, 0.1) is 12.1 Å². The molecule has 0 aromatic heterocycles. The number of hydrogen-bond donors (Lipinski definition) is 1. The molecule has 0 spiro atoms. The lowest BCUT2D eigenvalue weighted by Gasteiger charge is -2.28. The summed E-state index contributed by atoms with van der Waals surface area (Å²) < 4.78 is 0. The third-order valence-corrected chi connectivity index (χ3v) is 4.02. The maximum Gasteiger partial charge on any atom is 0.256 e. The molecule has 0 bridgehead atoms. The number of phenolic OH excluding ortho intramolecular Hbond substituents is 1. The summed E-state index contributed by atoms with van der Waals surface area (Å²) in [6, 6.07) is 15.3. The van der Waals surface area contributed by atoms with Gasteiger partial charge in [-0.05, 0) is 31.2 Å². The van der Waals surface area contributed by atoms with Crippen LogP contribution in [-0.4, -0.2) is 29.5 Å². The summed E-state index contributed by atoms with van der Waals surface area (Å²) in [5.74, 6) is -0.478. The van der Waals surface area contributed by atoms with E-state index in [1.54, 1.807) is 12.1 Å². The highest BCUT2D eigenvalue weighted by molar-refractivity contribution is 6.23. The second-order valence-electron chi connectivity index (χ2n) is 5.43. The number of amides is 2. The predicted octanol–water partition coefficient (Wildman–Crippen LogP) is 2.55. The van der Waals surface area contributed by atoms with Crippen molar-refractivity contribution in [2.24, 2.45) is 0 Å². The standard InChI is InChI=1S/C18H18N2O3/c1-2-19(13-7-4-3-5-8-13)16-12-17(22)20(18(16)23)14-9-6-10-15(21)11-14/h3-11,16,21H,2,12H2,1H3. The molecule has 23 heavy (non-hydrogen) atoms. The van der Waals surface area contributed by atoms with Crippen molar-refractivity contribution >= 4 is 23.2 Å². The minimum absolute atomic E-state index is 0.0296. The maximum absolute atomic E-state index is 12.8. The molecule has 1 atom stereocenters. The van der Waals surface area contributed by atoms with Crippen molar-refractivity contribution in [3.63, 3.8) is 0 Å². The van der Waals surface area contributed by atoms with Crippen LogP contribution in [0.5, 0.6) is 5.75 Å². The van der Waals surface area contributed by atoms with Gasteiger partial charge >= 0.3 is 0 Å². The first kappa shape index (κ1) is 15.1. The summed E-state index contributed by atoms with van der Waals surface area (Å²) in [6.45, 7) is 2.59. The normalized spacial score (nSPS) is 17.6. The predicted molar refractivity (Wildman–Crippen MR) is 88.5 cm³/mol. The van der Waals surface area contributed by atoms with Gasteiger partial charge in [0.25, 0.3) is 5.91 Å². The number of phenols is 1. The highest BCUT2D eigenvalue weighted by atomic mass is 16.3. The molecule has 1 aliphatic heterocycles. The van der Waals surface area contributed by atoms with Gasteiger partial charge in [-0.1, -0.05) is 24.3 Å². The van der Waals surface area contributed by atoms with Crippen LogP contribution >= 0.6 is 0 Å². The zero-order chi connectivity index (χ0) is 16.4. The molecule has 5 heteroatoms. The third kappa shape index (κ3) is 2.77. The molecular formula is C18H18N2O3. The van der Waals surface area contributed by atoms with E-state index in [2.05, 4.69) is 0 Å². The lowest BCUT2D eigenvalue weighted by atomic mass is 10.1. The number of carbonyl (C=O) groups is 2. The molecule has 118 valence electrons. The van der Waals surface area contributed by atoms with Gasteiger partial charge in [0.1, 0.15) is 11.8 Å². The number of anilines is 2. The average Bonchev–Trinajstić information content (AvgIpc) is 2.84. The lowest BCUT2D eigenvalue weighted by molar-refractivity contribution is -0.121. The van der Waals surface area contributed by atoms with Gasteiger partial charge in [0.15, 0.2) is 0 Å². The topological polar surface area (TPSA) is 60.9 Å². The molecule has 2 amide bonds. The fraction of sp³-hybridized carbons (Fsp3) is 0.222. The number of benzene rings is 2. The van der Waals surface area contributed by atoms with Gasteiger partial charge in [-0.3, -0.25) is 9.59 Å². The molecule has 0 saturated carbocycles. The first-order chi connectivity index (χ1) is 11.1. The largest absolute Gasteiger partial charge is 0.508 e. The number of likely N-dealkylation sites (N-methyl/N-ethyl adjacent to an activating group) is 1. The van der Waals surface area contributed by atoms with Crippen LogP contribution in [0.2, 0.25) is 0 Å². The van der Waals surface area contributed by atoms with Gasteiger partial charge in [-0.15, -0.1) is 0 Å². The second kappa shape index (κ2) is 6.12. The van der Waals surface area contributed by atoms with Gasteiger partial charge in [0.2, 0.25) is 5.91 Å². The Balaban J connectivity index is 1.91. The molecule has 0 aliphatic carbocycles. The van der Waals surface area contributed by atoms with E-state index in [1.807, 2.05) is 42.2 Å². The van der Waals surface area contributed by atoms with Crippen LogP contribution in [-0.2, 0) is 9.59 Å². The van der Waals surface area contributed by atoms with Gasteiger partial charge < -0.3 is 10.0 Å². The summed E-state index contributed by atoms with van der Waals surface area (Å²) in [7, 11) is 0. The zero-order valence-electron chi connectivity index (χ0n) is 12.8. The highest BCUT2D eigenvalue weighted by Gasteiger charge is 2.42. The Morgan fingerprint density at radius 2 is 1.87 bits per heavy atom. The molecule has 2 aromatic carbocycles. The number of nitrogens with zero attached hydrogens (tertiary/aromatic N) is 2. The van der Waals surface area contributed by atoms with Crippen LogP contribution in [0.15, 0.2) is 54.6 Å². The van der Waals surface area contributed by atoms with E-state index in [4.69, 9.17) is 0 Å². The molecule has 1 unspecified atom stereocenters. The fourth-order valence-electron chi connectivity index (χ4n) is 2.97. The molecule has 1 saturated heterocycles. The van der Waals surface area contributed by atoms with Gasteiger partial charge in [-0.2, -0.15) is 0 Å². The number of rotatable bonds is 4. The number of carbonyl (C=O) groups excluding carboxylic acids is 2. The first-order valence-corrected chi connectivity index (χ1v) is 7.59. The summed E-state index contributed by atoms with van der Waals surface area (Å²) in [6.07, 6.45) is 0.136. The van der Waals surface area contributed by atoms with Crippen LogP contribution in [0.1, 0.15) is 13.3 Å². The van der Waals surface area contributed by atoms with E-state index < -0.39 is 6.04 Å². The summed E-state index contributed by atoms with van der Waals surface area (Å²) in [4.78, 5) is 28.2. The van der Waals surface area contributed by atoms with Gasteiger partial charge in [0, 0.05) is 18.3 Å². The summed E-state index contributed by atoms with van der Waals surface area (Å²) in [5, 5.41) is 9.59. The summed E-state index contributed by atoms with van der Waals surface area (Å²) in [5.41, 5.74) is 1.32. The Labute approximate surface area is 134 Å². The Bertz CT molecular complexity index is 730. The van der Waals surface area contributed by atoms with E-state index in [0.717, 1.165) is 10.6 Å². The van der Waals surface area contributed by atoms with Crippen molar-refractivity contribution in [3.05, 3.63) is 54.6 Å². The quantitative estimate of drug-likeness (QED) is 0.882. The molecule has 3 rings (SSSR count). The molecule has 1 aliphatic rings. The third-order valence-electron chi connectivity index (χ3n) is 4.02. The smallest absolute Gasteiger partial charge is 0.256 e. The molecule has 5 nitrogen and oxygen atoms in total. The lowest BCUT2D eigenvalue weighted by Crippen LogP contribution is -2.42. The van der Waals surface area contributed by atoms with Crippen molar-refractivity contribution in [2.75, 3.05) is 16.3 Å². The minimum Gasteiger partial charge on any atom is -0.508 e. The Morgan fingerprint density at radius 1 is 1.13 bits per heavy atom. The number of hydrogen-bond acceptors (Lipinski definition) is 4.